The number of benzene rings is 1. The molecular formula is C22H17F6N3O3S2. The van der Waals surface area contributed by atoms with Crippen LogP contribution in [0.3, 0.4) is 0 Å². The number of pyridine rings is 1. The SMILES string of the molecule is O=C(O)CNCCCN1C(=O)C(=Cc2cccc(-c3cc(C(F)(F)F)cc(C(F)(F)F)c3)n2)SC1=S. The Balaban J connectivity index is 1.83. The summed E-state index contributed by atoms with van der Waals surface area (Å²) in [6.07, 6.45) is -8.21. The lowest BCUT2D eigenvalue weighted by Crippen LogP contribution is -2.32. The van der Waals surface area contributed by atoms with Crippen molar-refractivity contribution in [1.82, 2.24) is 15.2 Å². The highest BCUT2D eigenvalue weighted by atomic mass is 32.2. The Morgan fingerprint density at radius 1 is 1.11 bits per heavy atom. The van der Waals surface area contributed by atoms with E-state index in [1.807, 2.05) is 0 Å². The molecule has 2 aromatic rings. The largest absolute Gasteiger partial charge is 0.480 e. The fraction of sp³-hybridized carbons (Fsp3) is 0.273. The van der Waals surface area contributed by atoms with Gasteiger partial charge in [0, 0.05) is 12.1 Å². The predicted octanol–water partition coefficient (Wildman–Crippen LogP) is 5.05. The van der Waals surface area contributed by atoms with Gasteiger partial charge in [-0.15, -0.1) is 0 Å². The van der Waals surface area contributed by atoms with E-state index in [-0.39, 0.29) is 45.3 Å². The van der Waals surface area contributed by atoms with Crippen molar-refractivity contribution in [3.05, 3.63) is 58.1 Å². The highest BCUT2D eigenvalue weighted by Crippen LogP contribution is 2.38. The van der Waals surface area contributed by atoms with Crippen LogP contribution in [-0.4, -0.2) is 50.8 Å². The summed E-state index contributed by atoms with van der Waals surface area (Å²) in [5.41, 5.74) is -3.30. The van der Waals surface area contributed by atoms with Crippen molar-refractivity contribution in [3.63, 3.8) is 0 Å². The minimum Gasteiger partial charge on any atom is -0.480 e. The van der Waals surface area contributed by atoms with Crippen LogP contribution in [0.4, 0.5) is 26.3 Å². The number of rotatable bonds is 8. The molecule has 3 rings (SSSR count). The Morgan fingerprint density at radius 3 is 2.33 bits per heavy atom. The van der Waals surface area contributed by atoms with Gasteiger partial charge in [0.1, 0.15) is 4.32 Å². The summed E-state index contributed by atoms with van der Waals surface area (Å²) in [6.45, 7) is 0.339. The highest BCUT2D eigenvalue weighted by molar-refractivity contribution is 8.26. The van der Waals surface area contributed by atoms with Crippen LogP contribution in [-0.2, 0) is 21.9 Å². The van der Waals surface area contributed by atoms with Gasteiger partial charge in [0.2, 0.25) is 0 Å². The first-order valence-corrected chi connectivity index (χ1v) is 11.4. The van der Waals surface area contributed by atoms with E-state index < -0.39 is 35.4 Å². The van der Waals surface area contributed by atoms with Gasteiger partial charge in [0.15, 0.2) is 0 Å². The zero-order chi connectivity index (χ0) is 26.7. The van der Waals surface area contributed by atoms with E-state index in [0.717, 1.165) is 11.8 Å². The number of hydrogen-bond donors (Lipinski definition) is 2. The number of nitrogens with one attached hydrogen (secondary N) is 1. The molecule has 14 heteroatoms. The molecule has 1 aromatic heterocycles. The molecule has 0 spiro atoms. The van der Waals surface area contributed by atoms with Gasteiger partial charge in [-0.2, -0.15) is 26.3 Å². The zero-order valence-corrected chi connectivity index (χ0v) is 19.7. The number of aliphatic carboxylic acids is 1. The zero-order valence-electron chi connectivity index (χ0n) is 18.1. The molecule has 1 saturated heterocycles. The average molecular weight is 550 g/mol. The maximum Gasteiger partial charge on any atom is 0.416 e. The maximum absolute atomic E-state index is 13.2. The molecule has 1 aliphatic heterocycles. The third-order valence-corrected chi connectivity index (χ3v) is 6.20. The molecule has 1 amide bonds. The molecule has 36 heavy (non-hydrogen) atoms. The van der Waals surface area contributed by atoms with Crippen LogP contribution in [0.2, 0.25) is 0 Å². The number of thiocarbonyl (C=S) groups is 1. The molecule has 0 atom stereocenters. The number of carbonyl (C=O) groups excluding carboxylic acids is 1. The van der Waals surface area contributed by atoms with Crippen molar-refractivity contribution in [2.75, 3.05) is 19.6 Å². The van der Waals surface area contributed by atoms with Crippen LogP contribution in [0.15, 0.2) is 41.3 Å². The first-order chi connectivity index (χ1) is 16.8. The van der Waals surface area contributed by atoms with Gasteiger partial charge in [-0.05, 0) is 49.4 Å². The average Bonchev–Trinajstić information content (AvgIpc) is 3.04. The molecule has 0 aliphatic carbocycles. The van der Waals surface area contributed by atoms with Crippen LogP contribution in [0.25, 0.3) is 17.3 Å². The van der Waals surface area contributed by atoms with Crippen molar-refractivity contribution in [2.24, 2.45) is 0 Å². The van der Waals surface area contributed by atoms with Gasteiger partial charge in [0.05, 0.1) is 34.0 Å². The summed E-state index contributed by atoms with van der Waals surface area (Å²) in [6, 6.07) is 5.32. The van der Waals surface area contributed by atoms with Crippen molar-refractivity contribution in [2.45, 2.75) is 18.8 Å². The number of halogens is 6. The first kappa shape index (κ1) is 27.6. The summed E-state index contributed by atoms with van der Waals surface area (Å²) in [4.78, 5) is 28.9. The fourth-order valence-electron chi connectivity index (χ4n) is 3.18. The van der Waals surface area contributed by atoms with E-state index in [2.05, 4.69) is 10.3 Å². The van der Waals surface area contributed by atoms with Crippen molar-refractivity contribution >= 4 is 46.3 Å². The van der Waals surface area contributed by atoms with E-state index in [9.17, 15) is 35.9 Å². The molecular weight excluding hydrogens is 532 g/mol. The first-order valence-electron chi connectivity index (χ1n) is 10.2. The Morgan fingerprint density at radius 2 is 1.75 bits per heavy atom. The minimum atomic E-state index is -5.00. The normalized spacial score (nSPS) is 15.7. The van der Waals surface area contributed by atoms with Gasteiger partial charge < -0.3 is 10.4 Å². The molecule has 2 heterocycles. The van der Waals surface area contributed by atoms with Crippen LogP contribution in [0, 0.1) is 0 Å². The van der Waals surface area contributed by atoms with Crippen LogP contribution in [0.5, 0.6) is 0 Å². The number of hydrogen-bond acceptors (Lipinski definition) is 6. The molecule has 0 unspecified atom stereocenters. The van der Waals surface area contributed by atoms with Gasteiger partial charge in [-0.25, -0.2) is 4.98 Å². The Bertz CT molecular complexity index is 1180. The molecule has 192 valence electrons. The monoisotopic (exact) mass is 549 g/mol. The van der Waals surface area contributed by atoms with Crippen molar-refractivity contribution in [1.29, 1.82) is 0 Å². The Hall–Kier alpha value is -2.97. The second-order valence-corrected chi connectivity index (χ2v) is 9.18. The number of amides is 1. The number of nitrogens with zero attached hydrogens (tertiary/aromatic N) is 2. The van der Waals surface area contributed by atoms with Crippen molar-refractivity contribution < 1.29 is 41.0 Å². The van der Waals surface area contributed by atoms with Gasteiger partial charge in [-0.3, -0.25) is 14.5 Å². The third-order valence-electron chi connectivity index (χ3n) is 4.82. The summed E-state index contributed by atoms with van der Waals surface area (Å²) in [5, 5.41) is 11.3. The molecule has 2 N–H and O–H groups in total. The van der Waals surface area contributed by atoms with E-state index in [1.165, 1.54) is 29.2 Å². The summed E-state index contributed by atoms with van der Waals surface area (Å²) < 4.78 is 79.5. The van der Waals surface area contributed by atoms with Gasteiger partial charge >= 0.3 is 18.3 Å². The van der Waals surface area contributed by atoms with E-state index in [1.54, 1.807) is 0 Å². The standard InChI is InChI=1S/C22H17F6N3O3S2/c23-21(24,25)13-7-12(8-14(9-13)22(26,27)28)16-4-1-3-15(30-16)10-17-19(34)31(20(35)36-17)6-2-5-29-11-18(32)33/h1,3-4,7-10,29H,2,5-6,11H2,(H,32,33). The van der Waals surface area contributed by atoms with Gasteiger partial charge in [0.25, 0.3) is 5.91 Å². The van der Waals surface area contributed by atoms with E-state index in [4.69, 9.17) is 17.3 Å². The number of thioether (sulfide) groups is 1. The van der Waals surface area contributed by atoms with Crippen LogP contribution in [0.1, 0.15) is 23.2 Å². The van der Waals surface area contributed by atoms with E-state index >= 15 is 0 Å². The number of aromatic nitrogens is 1. The minimum absolute atomic E-state index is 0.0376. The quantitative estimate of drug-likeness (QED) is 0.206. The van der Waals surface area contributed by atoms with Crippen molar-refractivity contribution in [3.8, 4) is 11.3 Å². The molecule has 1 aromatic carbocycles. The fourth-order valence-corrected chi connectivity index (χ4v) is 4.47. The van der Waals surface area contributed by atoms with E-state index in [0.29, 0.717) is 25.1 Å². The second-order valence-electron chi connectivity index (χ2n) is 7.50. The topological polar surface area (TPSA) is 82.5 Å². The molecule has 0 bridgehead atoms. The van der Waals surface area contributed by atoms with Gasteiger partial charge in [-0.1, -0.05) is 30.0 Å². The lowest BCUT2D eigenvalue weighted by atomic mass is 10.0. The number of alkyl halides is 6. The summed E-state index contributed by atoms with van der Waals surface area (Å²) in [5.74, 6) is -1.45. The molecule has 1 fully saturated rings. The lowest BCUT2D eigenvalue weighted by Gasteiger charge is -2.14. The number of carbonyl (C=O) groups is 2. The Labute approximate surface area is 210 Å². The summed E-state index contributed by atoms with van der Waals surface area (Å²) in [7, 11) is 0. The smallest absolute Gasteiger partial charge is 0.416 e. The van der Waals surface area contributed by atoms with Crippen LogP contribution < -0.4 is 5.32 Å². The molecule has 1 aliphatic rings. The predicted molar refractivity (Wildman–Crippen MR) is 125 cm³/mol. The highest BCUT2D eigenvalue weighted by Gasteiger charge is 2.37. The molecule has 6 nitrogen and oxygen atoms in total. The molecule has 0 saturated carbocycles. The second kappa shape index (κ2) is 11.0. The summed E-state index contributed by atoms with van der Waals surface area (Å²) >= 11 is 6.19. The molecule has 0 radical (unpaired) electrons. The number of carboxylic acids is 1. The number of carboxylic acid groups (broad SMARTS) is 1. The third kappa shape index (κ3) is 7.04. The van der Waals surface area contributed by atoms with Crippen LogP contribution >= 0.6 is 24.0 Å². The lowest BCUT2D eigenvalue weighted by molar-refractivity contribution is -0.143. The Kier molecular flexibility index (Phi) is 8.41. The maximum atomic E-state index is 13.2.